The molecule has 2 N–H and O–H groups in total. The SMILES string of the molecule is B.O=[Si](O)O.[NaH]. The summed E-state index contributed by atoms with van der Waals surface area (Å²) in [4.78, 5) is 14.3. The van der Waals surface area contributed by atoms with Gasteiger partial charge in [0.25, 0.3) is 0 Å². The van der Waals surface area contributed by atoms with Crippen LogP contribution in [0.25, 0.3) is 0 Å². The van der Waals surface area contributed by atoms with Gasteiger partial charge in [-0.15, -0.1) is 0 Å². The molecule has 0 aromatic heterocycles. The Kier molecular flexibility index (Phi) is 24.4. The van der Waals surface area contributed by atoms with E-state index in [0.717, 1.165) is 0 Å². The Labute approximate surface area is 61.1 Å². The second-order valence-electron chi connectivity index (χ2n) is 0.283. The van der Waals surface area contributed by atoms with Gasteiger partial charge in [-0.1, -0.05) is 0 Å². The van der Waals surface area contributed by atoms with E-state index in [-0.39, 0.29) is 38.0 Å². The first kappa shape index (κ1) is 15.9. The maximum atomic E-state index is 8.74. The Balaban J connectivity index is -0.0000000450. The van der Waals surface area contributed by atoms with Crippen LogP contribution in [-0.4, -0.2) is 56.7 Å². The minimum atomic E-state index is -3.13. The standard InChI is InChI=1S/BH3.Na.H2O3Si.H/c;;1-4(2)3;/h1H3;;1-2H;. The summed E-state index contributed by atoms with van der Waals surface area (Å²) in [5.74, 6) is 0. The van der Waals surface area contributed by atoms with Crippen molar-refractivity contribution in [3.63, 3.8) is 0 Å². The molecule has 0 aromatic carbocycles. The van der Waals surface area contributed by atoms with Gasteiger partial charge >= 0.3 is 38.7 Å². The number of rotatable bonds is 0. The Hall–Kier alpha value is 0.682. The van der Waals surface area contributed by atoms with Gasteiger partial charge in [-0.05, 0) is 0 Å². The van der Waals surface area contributed by atoms with E-state index < -0.39 is 9.17 Å². The van der Waals surface area contributed by atoms with Gasteiger partial charge in [0, 0.05) is 0 Å². The number of hydrogen-bond acceptors (Lipinski definition) is 1. The second-order valence-corrected chi connectivity index (χ2v) is 0.848. The topological polar surface area (TPSA) is 57.5 Å². The van der Waals surface area contributed by atoms with Crippen LogP contribution in [0.15, 0.2) is 0 Å². The van der Waals surface area contributed by atoms with Crippen molar-refractivity contribution in [3.05, 3.63) is 0 Å². The summed E-state index contributed by atoms with van der Waals surface area (Å²) in [6.07, 6.45) is 0. The average Bonchev–Trinajstić information content (AvgIpc) is 0.811. The van der Waals surface area contributed by atoms with Crippen molar-refractivity contribution < 1.29 is 14.1 Å². The normalized spacial score (nSPS) is 4.00. The summed E-state index contributed by atoms with van der Waals surface area (Å²) in [5, 5.41) is 0. The first-order chi connectivity index (χ1) is 1.73. The molecule has 0 fully saturated rings. The van der Waals surface area contributed by atoms with Crippen molar-refractivity contribution in [2.24, 2.45) is 0 Å². The average molecular weight is 116 g/mol. The van der Waals surface area contributed by atoms with Crippen LogP contribution in [0.5, 0.6) is 0 Å². The van der Waals surface area contributed by atoms with Gasteiger partial charge in [0.2, 0.25) is 0 Å². The van der Waals surface area contributed by atoms with Gasteiger partial charge in [0.1, 0.15) is 0 Å². The van der Waals surface area contributed by atoms with E-state index in [1.807, 2.05) is 0 Å². The third kappa shape index (κ3) is 137. The molecule has 0 rings (SSSR count). The Morgan fingerprint density at radius 1 is 1.33 bits per heavy atom. The summed E-state index contributed by atoms with van der Waals surface area (Å²) in [6.45, 7) is 0. The predicted molar refractivity (Wildman–Crippen MR) is 28.0 cm³/mol. The molecule has 0 saturated heterocycles. The second kappa shape index (κ2) is 9.19. The van der Waals surface area contributed by atoms with E-state index in [0.29, 0.717) is 0 Å². The molecule has 0 spiro atoms. The minimum absolute atomic E-state index is 0. The van der Waals surface area contributed by atoms with Crippen molar-refractivity contribution in [1.82, 2.24) is 0 Å². The van der Waals surface area contributed by atoms with Crippen LogP contribution >= 0.6 is 0 Å². The molecule has 0 atom stereocenters. The fraction of sp³-hybridized carbons (Fsp3) is 0. The van der Waals surface area contributed by atoms with Crippen LogP contribution in [-0.2, 0) is 4.46 Å². The van der Waals surface area contributed by atoms with Crippen molar-refractivity contribution >= 4 is 47.1 Å². The molecule has 0 unspecified atom stereocenters. The summed E-state index contributed by atoms with van der Waals surface area (Å²) in [5.41, 5.74) is 0. The number of hydrogen-bond donors (Lipinski definition) is 2. The summed E-state index contributed by atoms with van der Waals surface area (Å²) in [6, 6.07) is 0. The molecule has 32 valence electrons. The van der Waals surface area contributed by atoms with E-state index in [1.54, 1.807) is 0 Å². The molecule has 0 saturated carbocycles. The molecule has 0 aromatic rings. The van der Waals surface area contributed by atoms with Crippen molar-refractivity contribution in [1.29, 1.82) is 0 Å². The van der Waals surface area contributed by atoms with Crippen LogP contribution in [0.3, 0.4) is 0 Å². The molecule has 6 heteroatoms. The first-order valence-electron chi connectivity index (χ1n) is 0.651. The Bertz CT molecular complexity index is 33.8. The maximum absolute atomic E-state index is 8.74. The molecule has 0 radical (unpaired) electrons. The van der Waals surface area contributed by atoms with Gasteiger partial charge in [0.15, 0.2) is 0 Å². The quantitative estimate of drug-likeness (QED) is 0.323. The monoisotopic (exact) mass is 116 g/mol. The molecule has 3 nitrogen and oxygen atoms in total. The molecular weight excluding hydrogens is 110 g/mol. The van der Waals surface area contributed by atoms with Gasteiger partial charge in [-0.2, -0.15) is 0 Å². The molecule has 0 bridgehead atoms. The fourth-order valence-electron chi connectivity index (χ4n) is 0. The van der Waals surface area contributed by atoms with Crippen molar-refractivity contribution in [2.45, 2.75) is 0 Å². The summed E-state index contributed by atoms with van der Waals surface area (Å²) < 4.78 is 8.74. The molecule has 0 aliphatic rings. The molecule has 0 heterocycles. The van der Waals surface area contributed by atoms with Crippen LogP contribution in [0.1, 0.15) is 0 Å². The van der Waals surface area contributed by atoms with E-state index in [4.69, 9.17) is 14.1 Å². The van der Waals surface area contributed by atoms with Gasteiger partial charge in [0.05, 0.1) is 8.41 Å². The molecule has 6 heavy (non-hydrogen) atoms. The predicted octanol–water partition coefficient (Wildman–Crippen LogP) is -3.45. The van der Waals surface area contributed by atoms with E-state index in [9.17, 15) is 0 Å². The third-order valence-corrected chi connectivity index (χ3v) is 0. The van der Waals surface area contributed by atoms with E-state index in [2.05, 4.69) is 0 Å². The van der Waals surface area contributed by atoms with Crippen molar-refractivity contribution in [3.8, 4) is 0 Å². The summed E-state index contributed by atoms with van der Waals surface area (Å²) >= 11 is 0. The third-order valence-electron chi connectivity index (χ3n) is 0. The van der Waals surface area contributed by atoms with E-state index >= 15 is 0 Å². The molecule has 0 aliphatic carbocycles. The summed E-state index contributed by atoms with van der Waals surface area (Å²) in [7, 11) is -3.13. The Morgan fingerprint density at radius 3 is 1.33 bits per heavy atom. The van der Waals surface area contributed by atoms with Crippen molar-refractivity contribution in [2.75, 3.05) is 0 Å². The zero-order valence-corrected chi connectivity index (χ0v) is 2.80. The first-order valence-corrected chi connectivity index (χ1v) is 1.95. The molecule has 0 amide bonds. The van der Waals surface area contributed by atoms with Gasteiger partial charge in [-0.25, -0.2) is 0 Å². The van der Waals surface area contributed by atoms with Gasteiger partial charge in [-0.3, -0.25) is 4.46 Å². The van der Waals surface area contributed by atoms with Crippen LogP contribution in [0, 0.1) is 0 Å². The zero-order chi connectivity index (χ0) is 3.58. The van der Waals surface area contributed by atoms with Gasteiger partial charge < -0.3 is 9.59 Å². The van der Waals surface area contributed by atoms with Crippen LogP contribution < -0.4 is 0 Å². The van der Waals surface area contributed by atoms with E-state index in [1.165, 1.54) is 0 Å². The fourth-order valence-corrected chi connectivity index (χ4v) is 0. The molecular formula is H6BNaO3Si. The zero-order valence-electron chi connectivity index (χ0n) is 1.80. The van der Waals surface area contributed by atoms with Crippen LogP contribution in [0.4, 0.5) is 0 Å². The van der Waals surface area contributed by atoms with Crippen LogP contribution in [0.2, 0.25) is 0 Å². The molecule has 0 aliphatic heterocycles. The Morgan fingerprint density at radius 2 is 1.33 bits per heavy atom.